The summed E-state index contributed by atoms with van der Waals surface area (Å²) in [5.41, 5.74) is -0.758. The summed E-state index contributed by atoms with van der Waals surface area (Å²) in [4.78, 5) is 27.0. The lowest BCUT2D eigenvalue weighted by Gasteiger charge is -2.61. The molecule has 9 heteroatoms. The number of carbonyl (C=O) groups excluding carboxylic acids is 2. The van der Waals surface area contributed by atoms with Crippen LogP contribution in [0.15, 0.2) is 11.6 Å². The van der Waals surface area contributed by atoms with Gasteiger partial charge in [-0.15, -0.1) is 0 Å². The van der Waals surface area contributed by atoms with Gasteiger partial charge in [0.2, 0.25) is 0 Å². The molecule has 14 atom stereocenters. The third-order valence-corrected chi connectivity index (χ3v) is 14.4. The summed E-state index contributed by atoms with van der Waals surface area (Å²) in [6, 6.07) is 0. The number of ether oxygens (including phenoxy) is 3. The maximum absolute atomic E-state index is 13.9. The van der Waals surface area contributed by atoms with E-state index in [1.807, 2.05) is 20.8 Å². The molecule has 7 rings (SSSR count). The molecular formula is C35H52O9. The van der Waals surface area contributed by atoms with E-state index in [1.165, 1.54) is 5.57 Å². The molecule has 4 saturated carbocycles. The number of epoxide rings is 1. The highest BCUT2D eigenvalue weighted by Crippen LogP contribution is 2.87. The van der Waals surface area contributed by atoms with Gasteiger partial charge in [-0.2, -0.15) is 0 Å². The van der Waals surface area contributed by atoms with E-state index in [1.54, 1.807) is 0 Å². The van der Waals surface area contributed by atoms with Crippen molar-refractivity contribution < 1.29 is 44.2 Å². The van der Waals surface area contributed by atoms with Crippen molar-refractivity contribution >= 4 is 11.6 Å². The summed E-state index contributed by atoms with van der Waals surface area (Å²) in [5, 5.41) is 42.6. The monoisotopic (exact) mass is 616 g/mol. The molecule has 44 heavy (non-hydrogen) atoms. The average Bonchev–Trinajstić information content (AvgIpc) is 3.75. The molecule has 246 valence electrons. The van der Waals surface area contributed by atoms with Crippen LogP contribution in [0, 0.1) is 44.8 Å². The van der Waals surface area contributed by atoms with Crippen LogP contribution in [-0.4, -0.2) is 87.1 Å². The fourth-order valence-electron chi connectivity index (χ4n) is 12.0. The fraction of sp³-hybridized carbons (Fsp3) is 0.886. The van der Waals surface area contributed by atoms with E-state index in [0.717, 1.165) is 25.7 Å². The quantitative estimate of drug-likeness (QED) is 0.250. The minimum Gasteiger partial charge on any atom is -0.394 e. The molecule has 6 fully saturated rings. The standard InChI is InChI=1S/C35H52O9/c1-17(12-18(37)28-31(4,5)44-28)25-19(38)13-32(6)22-9-8-21-30(2,3)24(43-29-27(41)26(40)20(15-36)42-29)10-11-34(21)16-35(22,34)23(39)14-33(25,32)7/h9,17,20-21,23-29,36,39-41H,8,10-16H2,1-7H3. The lowest BCUT2D eigenvalue weighted by molar-refractivity contribution is -0.237. The summed E-state index contributed by atoms with van der Waals surface area (Å²) >= 11 is 0. The molecule has 0 aromatic heterocycles. The van der Waals surface area contributed by atoms with Crippen LogP contribution in [0.25, 0.3) is 0 Å². The van der Waals surface area contributed by atoms with E-state index >= 15 is 0 Å². The van der Waals surface area contributed by atoms with Crippen LogP contribution in [0.3, 0.4) is 0 Å². The molecular weight excluding hydrogens is 564 g/mol. The maximum Gasteiger partial charge on any atom is 0.186 e. The summed E-state index contributed by atoms with van der Waals surface area (Å²) in [5.74, 6) is 0.0824. The largest absolute Gasteiger partial charge is 0.394 e. The summed E-state index contributed by atoms with van der Waals surface area (Å²) in [7, 11) is 0. The zero-order valence-electron chi connectivity index (χ0n) is 27.3. The average molecular weight is 617 g/mol. The Bertz CT molecular complexity index is 1290. The van der Waals surface area contributed by atoms with Gasteiger partial charge in [-0.1, -0.05) is 46.3 Å². The zero-order chi connectivity index (χ0) is 32.0. The van der Waals surface area contributed by atoms with E-state index in [4.69, 9.17) is 14.2 Å². The van der Waals surface area contributed by atoms with E-state index in [-0.39, 0.29) is 57.1 Å². The van der Waals surface area contributed by atoms with Crippen molar-refractivity contribution in [3.63, 3.8) is 0 Å². The first-order chi connectivity index (χ1) is 20.4. The van der Waals surface area contributed by atoms with E-state index in [9.17, 15) is 30.0 Å². The number of aliphatic hydroxyl groups is 4. The molecule has 9 nitrogen and oxygen atoms in total. The molecule has 0 bridgehead atoms. The maximum atomic E-state index is 13.9. The van der Waals surface area contributed by atoms with Gasteiger partial charge in [0.15, 0.2) is 12.1 Å². The van der Waals surface area contributed by atoms with Gasteiger partial charge < -0.3 is 34.6 Å². The number of fused-ring (bicyclic) bond motifs is 2. The Kier molecular flexibility index (Phi) is 6.75. The molecule has 0 aromatic carbocycles. The molecule has 7 aliphatic rings. The van der Waals surface area contributed by atoms with Crippen molar-refractivity contribution in [3.8, 4) is 0 Å². The second kappa shape index (κ2) is 9.45. The third kappa shape index (κ3) is 3.78. The molecule has 2 saturated heterocycles. The summed E-state index contributed by atoms with van der Waals surface area (Å²) < 4.78 is 17.7. The fourth-order valence-corrected chi connectivity index (χ4v) is 12.0. The Morgan fingerprint density at radius 2 is 1.80 bits per heavy atom. The number of ketones is 2. The van der Waals surface area contributed by atoms with E-state index < -0.39 is 54.4 Å². The Labute approximate surface area is 260 Å². The van der Waals surface area contributed by atoms with Gasteiger partial charge >= 0.3 is 0 Å². The van der Waals surface area contributed by atoms with E-state index in [2.05, 4.69) is 33.8 Å². The zero-order valence-corrected chi connectivity index (χ0v) is 27.3. The SMILES string of the molecule is CC(CC(=O)C1OC1(C)C)C1C(=O)CC2(C)C3=CCC4C(C)(C)C(OC5OC(CO)C(O)C5O)CCC45CC35C(O)CC12C. The third-order valence-electron chi connectivity index (χ3n) is 14.4. The highest BCUT2D eigenvalue weighted by molar-refractivity contribution is 5.90. The Balaban J connectivity index is 1.15. The van der Waals surface area contributed by atoms with Crippen LogP contribution in [0.5, 0.6) is 0 Å². The second-order valence-electron chi connectivity index (χ2n) is 17.2. The van der Waals surface area contributed by atoms with E-state index in [0.29, 0.717) is 19.3 Å². The second-order valence-corrected chi connectivity index (χ2v) is 17.2. The molecule has 0 aromatic rings. The lowest BCUT2D eigenvalue weighted by Crippen LogP contribution is -2.58. The Hall–Kier alpha value is -1.20. The van der Waals surface area contributed by atoms with Crippen molar-refractivity contribution in [1.29, 1.82) is 0 Å². The van der Waals surface area contributed by atoms with Crippen molar-refractivity contribution in [2.45, 2.75) is 142 Å². The van der Waals surface area contributed by atoms with Gasteiger partial charge in [0.25, 0.3) is 0 Å². The molecule has 0 amide bonds. The van der Waals surface area contributed by atoms with Gasteiger partial charge in [0, 0.05) is 29.6 Å². The van der Waals surface area contributed by atoms with Gasteiger partial charge in [-0.25, -0.2) is 0 Å². The topological polar surface area (TPSA) is 146 Å². The smallest absolute Gasteiger partial charge is 0.186 e. The molecule has 2 heterocycles. The number of hydrogen-bond acceptors (Lipinski definition) is 9. The number of Topliss-reactive ketones (excluding diaryl/α,β-unsaturated/α-hetero) is 2. The van der Waals surface area contributed by atoms with Crippen LogP contribution in [0.2, 0.25) is 0 Å². The van der Waals surface area contributed by atoms with Crippen LogP contribution in [-0.2, 0) is 23.8 Å². The highest BCUT2D eigenvalue weighted by Gasteiger charge is 2.84. The van der Waals surface area contributed by atoms with Crippen LogP contribution in [0.4, 0.5) is 0 Å². The van der Waals surface area contributed by atoms with Gasteiger partial charge in [0.1, 0.15) is 30.2 Å². The molecule has 0 radical (unpaired) electrons. The predicted molar refractivity (Wildman–Crippen MR) is 159 cm³/mol. The summed E-state index contributed by atoms with van der Waals surface area (Å²) in [6.45, 7) is 14.3. The van der Waals surface area contributed by atoms with Gasteiger partial charge in [0.05, 0.1) is 24.4 Å². The number of hydrogen-bond donors (Lipinski definition) is 4. The first-order valence-corrected chi connectivity index (χ1v) is 16.8. The van der Waals surface area contributed by atoms with Crippen LogP contribution in [0.1, 0.15) is 93.4 Å². The van der Waals surface area contributed by atoms with Crippen molar-refractivity contribution in [2.75, 3.05) is 6.61 Å². The predicted octanol–water partition coefficient (Wildman–Crippen LogP) is 3.09. The van der Waals surface area contributed by atoms with Crippen molar-refractivity contribution in [1.82, 2.24) is 0 Å². The first kappa shape index (κ1) is 31.4. The number of aliphatic hydroxyl groups excluding tert-OH is 4. The molecule has 5 aliphatic carbocycles. The van der Waals surface area contributed by atoms with Crippen molar-refractivity contribution in [3.05, 3.63) is 11.6 Å². The highest BCUT2D eigenvalue weighted by atomic mass is 16.7. The van der Waals surface area contributed by atoms with Crippen LogP contribution < -0.4 is 0 Å². The van der Waals surface area contributed by atoms with Crippen molar-refractivity contribution in [2.24, 2.45) is 44.8 Å². The number of rotatable bonds is 7. The molecule has 4 N–H and O–H groups in total. The van der Waals surface area contributed by atoms with Gasteiger partial charge in [-0.05, 0) is 74.0 Å². The molecule has 2 spiro atoms. The van der Waals surface area contributed by atoms with Gasteiger partial charge in [-0.3, -0.25) is 9.59 Å². The molecule has 14 unspecified atom stereocenters. The number of carbonyl (C=O) groups is 2. The molecule has 2 aliphatic heterocycles. The normalized spacial score (nSPS) is 53.6. The lowest BCUT2D eigenvalue weighted by atomic mass is 9.44. The Morgan fingerprint density at radius 3 is 2.41 bits per heavy atom. The number of allylic oxidation sites excluding steroid dienone is 1. The Morgan fingerprint density at radius 1 is 1.11 bits per heavy atom. The first-order valence-electron chi connectivity index (χ1n) is 16.8. The minimum absolute atomic E-state index is 0.0688. The van der Waals surface area contributed by atoms with Crippen LogP contribution >= 0.6 is 0 Å². The summed E-state index contributed by atoms with van der Waals surface area (Å²) in [6.07, 6.45) is 1.45. The minimum atomic E-state index is -1.23.